The Morgan fingerprint density at radius 2 is 1.94 bits per heavy atom. The van der Waals surface area contributed by atoms with Crippen LogP contribution in [0.2, 0.25) is 0 Å². The topological polar surface area (TPSA) is 46.2 Å². The molecule has 2 nitrogen and oxygen atoms in total. The number of aliphatic hydroxyl groups is 1. The molecule has 0 spiro atoms. The molecule has 3 N–H and O–H groups in total. The number of rotatable bonds is 3. The summed E-state index contributed by atoms with van der Waals surface area (Å²) in [6, 6.07) is 1.58. The van der Waals surface area contributed by atoms with E-state index in [0.717, 1.165) is 19.3 Å². The van der Waals surface area contributed by atoms with E-state index in [9.17, 15) is 13.9 Å². The van der Waals surface area contributed by atoms with E-state index in [1.165, 1.54) is 12.1 Å². The van der Waals surface area contributed by atoms with E-state index in [-0.39, 0.29) is 23.9 Å². The molecule has 0 aromatic heterocycles. The molecule has 1 aromatic carbocycles. The van der Waals surface area contributed by atoms with Gasteiger partial charge in [-0.25, -0.2) is 8.78 Å². The van der Waals surface area contributed by atoms with E-state index in [4.69, 9.17) is 5.73 Å². The lowest BCUT2D eigenvalue weighted by Gasteiger charge is -2.34. The summed E-state index contributed by atoms with van der Waals surface area (Å²) in [5, 5.41) is 9.97. The van der Waals surface area contributed by atoms with Gasteiger partial charge in [-0.15, -0.1) is 12.4 Å². The third-order valence-corrected chi connectivity index (χ3v) is 3.65. The van der Waals surface area contributed by atoms with E-state index in [0.29, 0.717) is 5.56 Å². The minimum Gasteiger partial charge on any atom is -0.391 e. The Labute approximate surface area is 112 Å². The number of benzene rings is 1. The number of nitrogens with two attached hydrogens (primary N) is 1. The van der Waals surface area contributed by atoms with Gasteiger partial charge in [0.2, 0.25) is 0 Å². The summed E-state index contributed by atoms with van der Waals surface area (Å²) in [4.78, 5) is 0. The summed E-state index contributed by atoms with van der Waals surface area (Å²) < 4.78 is 27.4. The van der Waals surface area contributed by atoms with Gasteiger partial charge in [0.15, 0.2) is 0 Å². The molecule has 2 atom stereocenters. The maximum Gasteiger partial charge on any atom is 0.133 e. The summed E-state index contributed by atoms with van der Waals surface area (Å²) in [5.74, 6) is -1.25. The zero-order valence-corrected chi connectivity index (χ0v) is 11.0. The van der Waals surface area contributed by atoms with Crippen LogP contribution in [0.25, 0.3) is 0 Å². The quantitative estimate of drug-likeness (QED) is 0.892. The minimum atomic E-state index is -0.986. The highest BCUT2D eigenvalue weighted by Crippen LogP contribution is 2.35. The third-order valence-electron chi connectivity index (χ3n) is 3.65. The van der Waals surface area contributed by atoms with Crippen LogP contribution in [-0.2, 0) is 0 Å². The van der Waals surface area contributed by atoms with Gasteiger partial charge in [-0.3, -0.25) is 0 Å². The standard InChI is InChI=1S/C13H17F2NO.ClH/c1-7-5-6-9(14)10(11(7)15)12(16)13(17)8-3-2-4-8;/h5-6,8,12-13,17H,2-4,16H2,1H3;1H/t12-,13+;/m0./s1. The van der Waals surface area contributed by atoms with Gasteiger partial charge in [0, 0.05) is 5.56 Å². The molecule has 0 aliphatic heterocycles. The van der Waals surface area contributed by atoms with Crippen molar-refractivity contribution < 1.29 is 13.9 Å². The number of hydrogen-bond donors (Lipinski definition) is 2. The summed E-state index contributed by atoms with van der Waals surface area (Å²) in [6.45, 7) is 1.56. The molecule has 1 aliphatic rings. The lowest BCUT2D eigenvalue weighted by Crippen LogP contribution is -2.37. The van der Waals surface area contributed by atoms with Gasteiger partial charge in [-0.1, -0.05) is 12.5 Å². The van der Waals surface area contributed by atoms with Crippen LogP contribution in [0.5, 0.6) is 0 Å². The highest BCUT2D eigenvalue weighted by Gasteiger charge is 2.33. The Balaban J connectivity index is 0.00000162. The van der Waals surface area contributed by atoms with Gasteiger partial charge in [-0.2, -0.15) is 0 Å². The highest BCUT2D eigenvalue weighted by molar-refractivity contribution is 5.85. The van der Waals surface area contributed by atoms with E-state index in [1.54, 1.807) is 6.92 Å². The van der Waals surface area contributed by atoms with Crippen molar-refractivity contribution in [3.05, 3.63) is 34.9 Å². The molecule has 5 heteroatoms. The monoisotopic (exact) mass is 277 g/mol. The fourth-order valence-corrected chi connectivity index (χ4v) is 2.23. The van der Waals surface area contributed by atoms with Gasteiger partial charge in [0.05, 0.1) is 12.1 Å². The van der Waals surface area contributed by atoms with E-state index in [2.05, 4.69) is 0 Å². The van der Waals surface area contributed by atoms with Crippen molar-refractivity contribution in [1.29, 1.82) is 0 Å². The minimum absolute atomic E-state index is 0. The molecular formula is C13H18ClF2NO. The molecule has 1 aromatic rings. The van der Waals surface area contributed by atoms with Crippen molar-refractivity contribution in [2.75, 3.05) is 0 Å². The molecule has 1 fully saturated rings. The average molecular weight is 278 g/mol. The van der Waals surface area contributed by atoms with Crippen LogP contribution in [-0.4, -0.2) is 11.2 Å². The van der Waals surface area contributed by atoms with Gasteiger partial charge < -0.3 is 10.8 Å². The Bertz CT molecular complexity index is 424. The molecular weight excluding hydrogens is 260 g/mol. The average Bonchev–Trinajstić information content (AvgIpc) is 2.21. The number of halogens is 3. The molecule has 0 bridgehead atoms. The van der Waals surface area contributed by atoms with Crippen LogP contribution in [0.4, 0.5) is 8.78 Å². The van der Waals surface area contributed by atoms with E-state index in [1.807, 2.05) is 0 Å². The first-order valence-electron chi connectivity index (χ1n) is 5.90. The highest BCUT2D eigenvalue weighted by atomic mass is 35.5. The Kier molecular flexibility index (Phi) is 5.08. The second-order valence-electron chi connectivity index (χ2n) is 4.80. The molecule has 0 heterocycles. The second kappa shape index (κ2) is 5.95. The fourth-order valence-electron chi connectivity index (χ4n) is 2.23. The third kappa shape index (κ3) is 2.66. The predicted molar refractivity (Wildman–Crippen MR) is 68.6 cm³/mol. The predicted octanol–water partition coefficient (Wildman–Crippen LogP) is 2.86. The fraction of sp³-hybridized carbons (Fsp3) is 0.538. The van der Waals surface area contributed by atoms with E-state index < -0.39 is 23.8 Å². The van der Waals surface area contributed by atoms with Crippen molar-refractivity contribution in [3.63, 3.8) is 0 Å². The molecule has 0 unspecified atom stereocenters. The maximum absolute atomic E-state index is 13.8. The van der Waals surface area contributed by atoms with Crippen molar-refractivity contribution >= 4 is 12.4 Å². The molecule has 2 rings (SSSR count). The Hall–Kier alpha value is -0.710. The lowest BCUT2D eigenvalue weighted by molar-refractivity contribution is 0.0395. The van der Waals surface area contributed by atoms with Gasteiger partial charge in [0.1, 0.15) is 11.6 Å². The SMILES string of the molecule is Cc1ccc(F)c([C@H](N)[C@H](O)C2CCC2)c1F.Cl. The van der Waals surface area contributed by atoms with Gasteiger partial charge in [0.25, 0.3) is 0 Å². The second-order valence-corrected chi connectivity index (χ2v) is 4.80. The zero-order valence-electron chi connectivity index (χ0n) is 10.2. The number of hydrogen-bond acceptors (Lipinski definition) is 2. The Morgan fingerprint density at radius 3 is 2.44 bits per heavy atom. The number of aliphatic hydroxyl groups excluding tert-OH is 1. The largest absolute Gasteiger partial charge is 0.391 e. The smallest absolute Gasteiger partial charge is 0.133 e. The summed E-state index contributed by atoms with van der Waals surface area (Å²) in [7, 11) is 0. The van der Waals surface area contributed by atoms with Crippen LogP contribution >= 0.6 is 12.4 Å². The van der Waals surface area contributed by atoms with Crippen LogP contribution < -0.4 is 5.73 Å². The van der Waals surface area contributed by atoms with Crippen molar-refractivity contribution in [1.82, 2.24) is 0 Å². The first-order valence-corrected chi connectivity index (χ1v) is 5.90. The molecule has 0 saturated heterocycles. The van der Waals surface area contributed by atoms with Crippen LogP contribution in [0, 0.1) is 24.5 Å². The zero-order chi connectivity index (χ0) is 12.6. The normalized spacial score (nSPS) is 18.7. The summed E-state index contributed by atoms with van der Waals surface area (Å²) in [5.41, 5.74) is 5.94. The summed E-state index contributed by atoms with van der Waals surface area (Å²) in [6.07, 6.45) is 1.94. The van der Waals surface area contributed by atoms with Crippen molar-refractivity contribution in [2.24, 2.45) is 11.7 Å². The van der Waals surface area contributed by atoms with Crippen LogP contribution in [0.3, 0.4) is 0 Å². The molecule has 0 radical (unpaired) electrons. The van der Waals surface area contributed by atoms with Crippen molar-refractivity contribution in [3.8, 4) is 0 Å². The summed E-state index contributed by atoms with van der Waals surface area (Å²) >= 11 is 0. The first kappa shape index (κ1) is 15.3. The maximum atomic E-state index is 13.8. The molecule has 102 valence electrons. The lowest BCUT2D eigenvalue weighted by atomic mass is 9.77. The first-order chi connectivity index (χ1) is 8.02. The molecule has 1 aliphatic carbocycles. The van der Waals surface area contributed by atoms with Crippen LogP contribution in [0.15, 0.2) is 12.1 Å². The van der Waals surface area contributed by atoms with Crippen molar-refractivity contribution in [2.45, 2.75) is 38.3 Å². The van der Waals surface area contributed by atoms with Gasteiger partial charge in [-0.05, 0) is 37.3 Å². The Morgan fingerprint density at radius 1 is 1.33 bits per heavy atom. The molecule has 1 saturated carbocycles. The van der Waals surface area contributed by atoms with E-state index >= 15 is 0 Å². The number of aryl methyl sites for hydroxylation is 1. The molecule has 18 heavy (non-hydrogen) atoms. The van der Waals surface area contributed by atoms with Gasteiger partial charge >= 0.3 is 0 Å². The van der Waals surface area contributed by atoms with Crippen LogP contribution in [0.1, 0.15) is 36.4 Å². The molecule has 0 amide bonds.